The fourth-order valence-electron chi connectivity index (χ4n) is 2.84. The average Bonchev–Trinajstić information content (AvgIpc) is 3.14. The lowest BCUT2D eigenvalue weighted by Gasteiger charge is -2.31. The molecular weight excluding hydrogens is 390 g/mol. The van der Waals surface area contributed by atoms with E-state index in [0.29, 0.717) is 5.82 Å². The van der Waals surface area contributed by atoms with Crippen LogP contribution >= 0.6 is 23.1 Å². The molecule has 0 unspecified atom stereocenters. The second kappa shape index (κ2) is 8.95. The van der Waals surface area contributed by atoms with E-state index in [9.17, 15) is 0 Å². The van der Waals surface area contributed by atoms with Crippen molar-refractivity contribution >= 4 is 34.0 Å². The van der Waals surface area contributed by atoms with Crippen LogP contribution in [0.15, 0.2) is 46.6 Å². The van der Waals surface area contributed by atoms with Crippen LogP contribution < -0.4 is 5.32 Å². The van der Waals surface area contributed by atoms with Gasteiger partial charge in [0.05, 0.1) is 18.9 Å². The number of benzene rings is 1. The van der Waals surface area contributed by atoms with E-state index in [2.05, 4.69) is 73.5 Å². The highest BCUT2D eigenvalue weighted by Gasteiger charge is 2.16. The minimum absolute atomic E-state index is 0.676. The number of likely N-dealkylation sites (N-methyl/N-ethyl adjacent to an activating group) is 1. The van der Waals surface area contributed by atoms with Crippen LogP contribution in [0.4, 0.5) is 10.9 Å². The van der Waals surface area contributed by atoms with E-state index in [-0.39, 0.29) is 0 Å². The molecule has 0 aliphatic carbocycles. The molecule has 0 bridgehead atoms. The minimum atomic E-state index is 0.676. The Morgan fingerprint density at radius 3 is 2.54 bits per heavy atom. The van der Waals surface area contributed by atoms with Gasteiger partial charge in [-0.15, -0.1) is 10.2 Å². The summed E-state index contributed by atoms with van der Waals surface area (Å²) in [6, 6.07) is 8.38. The summed E-state index contributed by atoms with van der Waals surface area (Å²) in [7, 11) is 2.16. The fourth-order valence-corrected chi connectivity index (χ4v) is 4.35. The molecule has 3 aromatic rings. The van der Waals surface area contributed by atoms with Gasteiger partial charge < -0.3 is 10.2 Å². The maximum Gasteiger partial charge on any atom is 0.211 e. The second-order valence-electron chi connectivity index (χ2n) is 6.86. The van der Waals surface area contributed by atoms with Crippen LogP contribution in [0.1, 0.15) is 10.6 Å². The summed E-state index contributed by atoms with van der Waals surface area (Å²) >= 11 is 3.17. The lowest BCUT2D eigenvalue weighted by molar-refractivity contribution is 0.148. The van der Waals surface area contributed by atoms with Crippen molar-refractivity contribution < 1.29 is 0 Å². The van der Waals surface area contributed by atoms with Crippen molar-refractivity contribution in [1.29, 1.82) is 0 Å². The zero-order valence-electron chi connectivity index (χ0n) is 16.0. The molecule has 0 atom stereocenters. The van der Waals surface area contributed by atoms with Crippen LogP contribution in [0.2, 0.25) is 0 Å². The smallest absolute Gasteiger partial charge is 0.211 e. The van der Waals surface area contributed by atoms with Crippen molar-refractivity contribution in [3.8, 4) is 0 Å². The van der Waals surface area contributed by atoms with E-state index in [1.807, 2.05) is 0 Å². The zero-order valence-corrected chi connectivity index (χ0v) is 17.6. The summed E-state index contributed by atoms with van der Waals surface area (Å²) in [6.45, 7) is 7.29. The molecule has 1 aliphatic heterocycles. The number of aromatic nitrogens is 4. The molecule has 1 aliphatic rings. The van der Waals surface area contributed by atoms with Crippen LogP contribution in [-0.2, 0) is 6.54 Å². The van der Waals surface area contributed by atoms with Gasteiger partial charge in [0, 0.05) is 31.1 Å². The van der Waals surface area contributed by atoms with Crippen LogP contribution in [0, 0.1) is 6.92 Å². The molecule has 28 heavy (non-hydrogen) atoms. The summed E-state index contributed by atoms with van der Waals surface area (Å²) in [5, 5.41) is 14.4. The Labute approximate surface area is 173 Å². The molecule has 1 N–H and O–H groups in total. The third-order valence-corrected chi connectivity index (χ3v) is 6.28. The highest BCUT2D eigenvalue weighted by molar-refractivity contribution is 7.99. The van der Waals surface area contributed by atoms with Gasteiger partial charge in [0.25, 0.3) is 0 Å². The monoisotopic (exact) mass is 413 g/mol. The van der Waals surface area contributed by atoms with Gasteiger partial charge in [-0.2, -0.15) is 0 Å². The molecule has 0 spiro atoms. The molecular formula is C19H23N7S2. The number of piperazine rings is 1. The molecule has 3 heterocycles. The molecule has 1 saturated heterocycles. The number of rotatable bonds is 6. The van der Waals surface area contributed by atoms with Gasteiger partial charge in [0.1, 0.15) is 10.0 Å². The van der Waals surface area contributed by atoms with Crippen molar-refractivity contribution in [2.24, 2.45) is 0 Å². The van der Waals surface area contributed by atoms with Crippen molar-refractivity contribution in [2.75, 3.05) is 38.5 Å². The Morgan fingerprint density at radius 1 is 1.04 bits per heavy atom. The quantitative estimate of drug-likeness (QED) is 0.660. The van der Waals surface area contributed by atoms with Gasteiger partial charge >= 0.3 is 0 Å². The molecule has 0 radical (unpaired) electrons. The molecule has 2 aromatic heterocycles. The summed E-state index contributed by atoms with van der Waals surface area (Å²) in [5.74, 6) is 0.676. The lowest BCUT2D eigenvalue weighted by atomic mass is 10.2. The number of aryl methyl sites for hydroxylation is 1. The molecule has 146 valence electrons. The van der Waals surface area contributed by atoms with Crippen molar-refractivity contribution in [2.45, 2.75) is 23.4 Å². The molecule has 1 aromatic carbocycles. The summed E-state index contributed by atoms with van der Waals surface area (Å²) in [5.41, 5.74) is 1.25. The third kappa shape index (κ3) is 5.26. The normalized spacial score (nSPS) is 15.6. The van der Waals surface area contributed by atoms with Crippen LogP contribution in [-0.4, -0.2) is 63.2 Å². The largest absolute Gasteiger partial charge is 0.313 e. The molecule has 0 amide bonds. The minimum Gasteiger partial charge on any atom is -0.313 e. The number of nitrogens with zero attached hydrogens (tertiary/aromatic N) is 6. The van der Waals surface area contributed by atoms with E-state index >= 15 is 0 Å². The molecule has 9 heteroatoms. The Morgan fingerprint density at radius 2 is 1.82 bits per heavy atom. The topological polar surface area (TPSA) is 70.1 Å². The number of anilines is 2. The van der Waals surface area contributed by atoms with E-state index in [1.165, 1.54) is 5.56 Å². The van der Waals surface area contributed by atoms with Gasteiger partial charge in [-0.1, -0.05) is 40.8 Å². The SMILES string of the molecule is Cc1ccc(Sc2cnc(Nc3nnc(CN4CCN(C)CC4)s3)cn2)cc1. The summed E-state index contributed by atoms with van der Waals surface area (Å²) in [6.07, 6.45) is 3.51. The average molecular weight is 414 g/mol. The van der Waals surface area contributed by atoms with Gasteiger partial charge in [-0.05, 0) is 26.1 Å². The first-order valence-corrected chi connectivity index (χ1v) is 10.8. The van der Waals surface area contributed by atoms with Crippen molar-refractivity contribution in [1.82, 2.24) is 30.0 Å². The zero-order chi connectivity index (χ0) is 19.3. The maximum atomic E-state index is 4.48. The van der Waals surface area contributed by atoms with Crippen molar-refractivity contribution in [3.05, 3.63) is 47.2 Å². The Hall–Kier alpha value is -2.07. The maximum absolute atomic E-state index is 4.48. The lowest BCUT2D eigenvalue weighted by Crippen LogP contribution is -2.43. The molecule has 7 nitrogen and oxygen atoms in total. The first kappa shape index (κ1) is 19.3. The van der Waals surface area contributed by atoms with Gasteiger partial charge in [-0.25, -0.2) is 9.97 Å². The van der Waals surface area contributed by atoms with Crippen molar-refractivity contribution in [3.63, 3.8) is 0 Å². The van der Waals surface area contributed by atoms with Gasteiger partial charge in [0.15, 0.2) is 5.82 Å². The Balaban J connectivity index is 1.32. The predicted molar refractivity (Wildman–Crippen MR) is 113 cm³/mol. The molecule has 0 saturated carbocycles. The third-order valence-electron chi connectivity index (χ3n) is 4.53. The van der Waals surface area contributed by atoms with E-state index in [0.717, 1.165) is 52.8 Å². The van der Waals surface area contributed by atoms with Crippen LogP contribution in [0.5, 0.6) is 0 Å². The standard InChI is InChI=1S/C19H23N7S2/c1-14-3-5-15(6-4-14)27-17-12-20-16(11-21-17)22-19-24-23-18(28-19)13-26-9-7-25(2)8-10-26/h3-6,11-12H,7-10,13H2,1-2H3,(H,20,22,24). The van der Waals surface area contributed by atoms with E-state index in [1.54, 1.807) is 35.5 Å². The van der Waals surface area contributed by atoms with E-state index < -0.39 is 0 Å². The fraction of sp³-hybridized carbons (Fsp3) is 0.368. The highest BCUT2D eigenvalue weighted by atomic mass is 32.2. The first-order chi connectivity index (χ1) is 13.6. The van der Waals surface area contributed by atoms with Crippen LogP contribution in [0.25, 0.3) is 0 Å². The highest BCUT2D eigenvalue weighted by Crippen LogP contribution is 2.26. The Kier molecular flexibility index (Phi) is 6.16. The number of nitrogens with one attached hydrogen (secondary N) is 1. The molecule has 1 fully saturated rings. The Bertz CT molecular complexity index is 887. The van der Waals surface area contributed by atoms with Crippen LogP contribution in [0.3, 0.4) is 0 Å². The molecule has 4 rings (SSSR count). The predicted octanol–water partition coefficient (Wildman–Crippen LogP) is 3.28. The summed E-state index contributed by atoms with van der Waals surface area (Å²) < 4.78 is 0. The van der Waals surface area contributed by atoms with Gasteiger partial charge in [0.2, 0.25) is 5.13 Å². The second-order valence-corrected chi connectivity index (χ2v) is 9.02. The van der Waals surface area contributed by atoms with Gasteiger partial charge in [-0.3, -0.25) is 4.90 Å². The number of hydrogen-bond donors (Lipinski definition) is 1. The summed E-state index contributed by atoms with van der Waals surface area (Å²) in [4.78, 5) is 14.9. The number of hydrogen-bond acceptors (Lipinski definition) is 9. The van der Waals surface area contributed by atoms with E-state index in [4.69, 9.17) is 0 Å². The first-order valence-electron chi connectivity index (χ1n) is 9.21.